The van der Waals surface area contributed by atoms with Crippen molar-refractivity contribution >= 4 is 28.3 Å². The lowest BCUT2D eigenvalue weighted by Gasteiger charge is -2.07. The molecule has 0 fully saturated rings. The number of carbonyl (C=O) groups is 1. The summed E-state index contributed by atoms with van der Waals surface area (Å²) in [6, 6.07) is 25.9. The lowest BCUT2D eigenvalue weighted by Crippen LogP contribution is -2.21. The van der Waals surface area contributed by atoms with Crippen molar-refractivity contribution in [3.8, 4) is 5.75 Å². The Balaban J connectivity index is 1.84. The van der Waals surface area contributed by atoms with E-state index in [9.17, 15) is 4.79 Å². The molecule has 0 spiro atoms. The van der Waals surface area contributed by atoms with E-state index < -0.39 is 0 Å². The molecule has 1 aromatic heterocycles. The van der Waals surface area contributed by atoms with E-state index in [2.05, 4.69) is 10.3 Å². The first kappa shape index (κ1) is 17.5. The fraction of sp³-hybridized carbons (Fsp3) is 0.0435. The van der Waals surface area contributed by atoms with Crippen LogP contribution in [0.4, 0.5) is 11.4 Å². The molecule has 28 heavy (non-hydrogen) atoms. The minimum absolute atomic E-state index is 0.236. The Labute approximate surface area is 161 Å². The summed E-state index contributed by atoms with van der Waals surface area (Å²) in [6.45, 7) is 0. The van der Waals surface area contributed by atoms with Crippen LogP contribution in [0.1, 0.15) is 10.4 Å². The maximum Gasteiger partial charge on any atom is 0.261 e. The Morgan fingerprint density at radius 2 is 1.71 bits per heavy atom. The van der Waals surface area contributed by atoms with Crippen LogP contribution in [0.2, 0.25) is 0 Å². The average molecular weight is 370 g/mol. The molecule has 3 aromatic carbocycles. The van der Waals surface area contributed by atoms with Gasteiger partial charge in [-0.2, -0.15) is 0 Å². The monoisotopic (exact) mass is 370 g/mol. The molecule has 5 heteroatoms. The number of methoxy groups -OCH3 is 1. The highest BCUT2D eigenvalue weighted by atomic mass is 16.5. The molecule has 4 rings (SSSR count). The van der Waals surface area contributed by atoms with Crippen LogP contribution in [-0.2, 0) is 0 Å². The van der Waals surface area contributed by atoms with Gasteiger partial charge in [-0.05, 0) is 36.4 Å². The van der Waals surface area contributed by atoms with Gasteiger partial charge < -0.3 is 14.5 Å². The van der Waals surface area contributed by atoms with Gasteiger partial charge in [0.1, 0.15) is 16.9 Å². The number of hydrogen-bond donors (Lipinski definition) is 1. The van der Waals surface area contributed by atoms with E-state index in [0.29, 0.717) is 28.3 Å². The molecule has 0 saturated heterocycles. The van der Waals surface area contributed by atoms with Crippen LogP contribution in [0.5, 0.6) is 5.75 Å². The molecule has 1 N–H and O–H groups in total. The summed E-state index contributed by atoms with van der Waals surface area (Å²) in [4.78, 5) is 17.5. The second kappa shape index (κ2) is 7.80. The van der Waals surface area contributed by atoms with E-state index in [0.717, 1.165) is 5.39 Å². The van der Waals surface area contributed by atoms with Gasteiger partial charge in [0.05, 0.1) is 12.8 Å². The smallest absolute Gasteiger partial charge is 0.261 e. The summed E-state index contributed by atoms with van der Waals surface area (Å²) < 4.78 is 11.2. The van der Waals surface area contributed by atoms with Gasteiger partial charge in [-0.15, -0.1) is 0 Å². The fourth-order valence-electron chi connectivity index (χ4n) is 2.83. The number of para-hydroxylation sites is 2. The molecule has 0 bridgehead atoms. The summed E-state index contributed by atoms with van der Waals surface area (Å²) in [5.41, 5.74) is 2.58. The molecule has 1 heterocycles. The zero-order valence-corrected chi connectivity index (χ0v) is 15.3. The van der Waals surface area contributed by atoms with Gasteiger partial charge in [0.15, 0.2) is 0 Å². The number of nitrogens with one attached hydrogen (secondary N) is 1. The molecule has 4 aromatic rings. The van der Waals surface area contributed by atoms with Gasteiger partial charge in [0, 0.05) is 17.1 Å². The third-order valence-corrected chi connectivity index (χ3v) is 4.22. The van der Waals surface area contributed by atoms with E-state index in [-0.39, 0.29) is 11.5 Å². The number of nitrogens with zero attached hydrogens (tertiary/aromatic N) is 1. The van der Waals surface area contributed by atoms with Crippen molar-refractivity contribution in [3.63, 3.8) is 0 Å². The zero-order valence-electron chi connectivity index (χ0n) is 15.3. The highest BCUT2D eigenvalue weighted by Crippen LogP contribution is 2.20. The molecule has 0 unspecified atom stereocenters. The topological polar surface area (TPSA) is 63.8 Å². The highest BCUT2D eigenvalue weighted by Gasteiger charge is 2.13. The molecule has 0 aliphatic rings. The van der Waals surface area contributed by atoms with Gasteiger partial charge in [-0.25, -0.2) is 4.99 Å². The first-order valence-corrected chi connectivity index (χ1v) is 8.81. The number of rotatable bonds is 4. The molecule has 0 atom stereocenters. The van der Waals surface area contributed by atoms with E-state index in [1.165, 1.54) is 0 Å². The Morgan fingerprint density at radius 3 is 2.54 bits per heavy atom. The molecular formula is C23H18N2O3. The van der Waals surface area contributed by atoms with Crippen LogP contribution in [-0.4, -0.2) is 13.0 Å². The normalized spacial score (nSPS) is 11.4. The van der Waals surface area contributed by atoms with Crippen molar-refractivity contribution in [1.29, 1.82) is 0 Å². The minimum Gasteiger partial charge on any atom is -0.497 e. The first-order chi connectivity index (χ1) is 13.7. The molecule has 0 radical (unpaired) electrons. The maximum absolute atomic E-state index is 12.9. The lowest BCUT2D eigenvalue weighted by atomic mass is 10.1. The summed E-state index contributed by atoms with van der Waals surface area (Å²) in [6.07, 6.45) is 0. The average Bonchev–Trinajstić information content (AvgIpc) is 2.74. The summed E-state index contributed by atoms with van der Waals surface area (Å²) >= 11 is 0. The van der Waals surface area contributed by atoms with E-state index in [4.69, 9.17) is 9.15 Å². The van der Waals surface area contributed by atoms with Crippen LogP contribution in [0.3, 0.4) is 0 Å². The number of anilines is 1. The zero-order chi connectivity index (χ0) is 19.3. The number of amides is 1. The Morgan fingerprint density at radius 1 is 0.929 bits per heavy atom. The molecular weight excluding hydrogens is 352 g/mol. The summed E-state index contributed by atoms with van der Waals surface area (Å²) in [5, 5.41) is 3.71. The Bertz CT molecular complexity index is 1200. The second-order valence-corrected chi connectivity index (χ2v) is 6.14. The standard InChI is InChI=1S/C23H18N2O3/c1-27-19-12-7-11-18(15-19)25-23-20(14-16-8-5-6-13-21(16)28-23)22(26)24-17-9-3-2-4-10-17/h2-15H,1H3,(H,24,26). The maximum atomic E-state index is 12.9. The minimum atomic E-state index is -0.289. The van der Waals surface area contributed by atoms with Crippen LogP contribution in [0.25, 0.3) is 11.0 Å². The molecule has 1 amide bonds. The third kappa shape index (κ3) is 3.78. The molecule has 0 saturated carbocycles. The largest absolute Gasteiger partial charge is 0.497 e. The van der Waals surface area contributed by atoms with Gasteiger partial charge >= 0.3 is 0 Å². The number of hydrogen-bond acceptors (Lipinski definition) is 4. The van der Waals surface area contributed by atoms with Crippen LogP contribution in [0.15, 0.2) is 94.3 Å². The second-order valence-electron chi connectivity index (χ2n) is 6.14. The van der Waals surface area contributed by atoms with Crippen LogP contribution in [0, 0.1) is 0 Å². The predicted octanol–water partition coefficient (Wildman–Crippen LogP) is 4.93. The van der Waals surface area contributed by atoms with Crippen molar-refractivity contribution in [3.05, 3.63) is 96.0 Å². The number of fused-ring (bicyclic) bond motifs is 1. The number of benzene rings is 3. The molecule has 5 nitrogen and oxygen atoms in total. The Kier molecular flexibility index (Phi) is 4.89. The highest BCUT2D eigenvalue weighted by molar-refractivity contribution is 6.05. The van der Waals surface area contributed by atoms with Crippen molar-refractivity contribution in [2.45, 2.75) is 0 Å². The van der Waals surface area contributed by atoms with Gasteiger partial charge in [0.25, 0.3) is 5.91 Å². The van der Waals surface area contributed by atoms with Crippen molar-refractivity contribution < 1.29 is 13.9 Å². The third-order valence-electron chi connectivity index (χ3n) is 4.22. The molecule has 138 valence electrons. The summed E-state index contributed by atoms with van der Waals surface area (Å²) in [5.74, 6) is 0.389. The van der Waals surface area contributed by atoms with Crippen LogP contribution < -0.4 is 15.6 Å². The van der Waals surface area contributed by atoms with E-state index in [1.54, 1.807) is 19.2 Å². The quantitative estimate of drug-likeness (QED) is 0.554. The van der Waals surface area contributed by atoms with Gasteiger partial charge in [-0.3, -0.25) is 4.79 Å². The molecule has 0 aliphatic heterocycles. The summed E-state index contributed by atoms with van der Waals surface area (Å²) in [7, 11) is 1.60. The van der Waals surface area contributed by atoms with E-state index in [1.807, 2.05) is 72.8 Å². The Hall–Kier alpha value is -3.86. The van der Waals surface area contributed by atoms with Crippen molar-refractivity contribution in [2.75, 3.05) is 12.4 Å². The van der Waals surface area contributed by atoms with Crippen molar-refractivity contribution in [1.82, 2.24) is 0 Å². The fourth-order valence-corrected chi connectivity index (χ4v) is 2.83. The first-order valence-electron chi connectivity index (χ1n) is 8.81. The molecule has 0 aliphatic carbocycles. The van der Waals surface area contributed by atoms with Gasteiger partial charge in [0.2, 0.25) is 5.55 Å². The number of carbonyl (C=O) groups excluding carboxylic acids is 1. The van der Waals surface area contributed by atoms with Crippen LogP contribution >= 0.6 is 0 Å². The van der Waals surface area contributed by atoms with Gasteiger partial charge in [-0.1, -0.05) is 42.5 Å². The van der Waals surface area contributed by atoms with Crippen molar-refractivity contribution in [2.24, 2.45) is 4.99 Å². The van der Waals surface area contributed by atoms with E-state index >= 15 is 0 Å². The SMILES string of the molecule is COc1cccc(N=c2oc3ccccc3cc2C(=O)Nc2ccccc2)c1. The number of ether oxygens (including phenoxy) is 1. The lowest BCUT2D eigenvalue weighted by molar-refractivity contribution is 0.102. The predicted molar refractivity (Wildman–Crippen MR) is 109 cm³/mol.